The van der Waals surface area contributed by atoms with Crippen molar-refractivity contribution in [2.75, 3.05) is 14.2 Å². The van der Waals surface area contributed by atoms with Gasteiger partial charge in [-0.1, -0.05) is 29.8 Å². The van der Waals surface area contributed by atoms with E-state index in [1.807, 2.05) is 48.5 Å². The van der Waals surface area contributed by atoms with Crippen LogP contribution in [0.25, 0.3) is 0 Å². The van der Waals surface area contributed by atoms with Gasteiger partial charge in [0.05, 0.1) is 26.0 Å². The predicted molar refractivity (Wildman–Crippen MR) is 117 cm³/mol. The van der Waals surface area contributed by atoms with E-state index in [9.17, 15) is 4.79 Å². The summed E-state index contributed by atoms with van der Waals surface area (Å²) in [5.74, 6) is 1.33. The minimum Gasteiger partial charge on any atom is -0.497 e. The molecule has 0 spiro atoms. The maximum Gasteiger partial charge on any atom is 0.275 e. The Hall–Kier alpha value is -3.51. The van der Waals surface area contributed by atoms with Crippen molar-refractivity contribution in [1.29, 1.82) is 0 Å². The second-order valence-corrected chi connectivity index (χ2v) is 6.62. The standard InChI is InChI=1S/C23H21ClN2O4/c1-28-19-11-12-20(22(13-19)29-2)23(27)26-25-14-16-7-9-18(10-8-16)30-15-17-5-3-4-6-21(17)24/h3-14H,15H2,1-2H3,(H,26,27). The zero-order valence-corrected chi connectivity index (χ0v) is 17.3. The van der Waals surface area contributed by atoms with Gasteiger partial charge < -0.3 is 14.2 Å². The van der Waals surface area contributed by atoms with E-state index in [4.69, 9.17) is 25.8 Å². The van der Waals surface area contributed by atoms with Crippen LogP contribution in [0.5, 0.6) is 17.2 Å². The van der Waals surface area contributed by atoms with Gasteiger partial charge in [-0.15, -0.1) is 0 Å². The third-order valence-electron chi connectivity index (χ3n) is 4.27. The molecule has 0 aliphatic rings. The maximum atomic E-state index is 12.3. The molecule has 0 saturated heterocycles. The van der Waals surface area contributed by atoms with Crippen molar-refractivity contribution in [1.82, 2.24) is 5.43 Å². The van der Waals surface area contributed by atoms with Gasteiger partial charge in [0.25, 0.3) is 5.91 Å². The van der Waals surface area contributed by atoms with E-state index in [0.717, 1.165) is 11.1 Å². The van der Waals surface area contributed by atoms with Crippen LogP contribution in [0.3, 0.4) is 0 Å². The Morgan fingerprint density at radius 2 is 1.73 bits per heavy atom. The highest BCUT2D eigenvalue weighted by Gasteiger charge is 2.12. The van der Waals surface area contributed by atoms with Crippen LogP contribution in [0.15, 0.2) is 71.8 Å². The molecule has 6 nitrogen and oxygen atoms in total. The number of nitrogens with zero attached hydrogens (tertiary/aromatic N) is 1. The topological polar surface area (TPSA) is 69.2 Å². The molecule has 3 aromatic rings. The number of halogens is 1. The Balaban J connectivity index is 1.56. The van der Waals surface area contributed by atoms with Crippen LogP contribution in [0, 0.1) is 0 Å². The summed E-state index contributed by atoms with van der Waals surface area (Å²) in [7, 11) is 3.04. The Bertz CT molecular complexity index is 1040. The van der Waals surface area contributed by atoms with Crippen molar-refractivity contribution < 1.29 is 19.0 Å². The quantitative estimate of drug-likeness (QED) is 0.420. The minimum absolute atomic E-state index is 0.360. The molecule has 0 fully saturated rings. The normalized spacial score (nSPS) is 10.6. The van der Waals surface area contributed by atoms with E-state index < -0.39 is 0 Å². The number of benzene rings is 3. The van der Waals surface area contributed by atoms with Crippen molar-refractivity contribution in [3.8, 4) is 17.2 Å². The third-order valence-corrected chi connectivity index (χ3v) is 4.63. The third kappa shape index (κ3) is 5.52. The molecule has 3 aromatic carbocycles. The first-order chi connectivity index (χ1) is 14.6. The summed E-state index contributed by atoms with van der Waals surface area (Å²) < 4.78 is 16.1. The first-order valence-corrected chi connectivity index (χ1v) is 9.50. The van der Waals surface area contributed by atoms with Crippen molar-refractivity contribution in [2.24, 2.45) is 5.10 Å². The number of methoxy groups -OCH3 is 2. The molecule has 0 aliphatic heterocycles. The average Bonchev–Trinajstić information content (AvgIpc) is 2.78. The Labute approximate surface area is 180 Å². The molecule has 0 aromatic heterocycles. The Morgan fingerprint density at radius 3 is 2.43 bits per heavy atom. The zero-order valence-electron chi connectivity index (χ0n) is 16.6. The monoisotopic (exact) mass is 424 g/mol. The molecule has 0 bridgehead atoms. The smallest absolute Gasteiger partial charge is 0.275 e. The van der Waals surface area contributed by atoms with Crippen LogP contribution in [0.2, 0.25) is 5.02 Å². The van der Waals surface area contributed by atoms with Crippen LogP contribution in [-0.2, 0) is 6.61 Å². The molecule has 0 unspecified atom stereocenters. The van der Waals surface area contributed by atoms with Gasteiger partial charge in [0.2, 0.25) is 0 Å². The molecule has 0 radical (unpaired) electrons. The number of rotatable bonds is 8. The number of ether oxygens (including phenoxy) is 3. The fourth-order valence-electron chi connectivity index (χ4n) is 2.64. The van der Waals surface area contributed by atoms with E-state index in [2.05, 4.69) is 10.5 Å². The van der Waals surface area contributed by atoms with Gasteiger partial charge in [-0.05, 0) is 48.0 Å². The van der Waals surface area contributed by atoms with Gasteiger partial charge in [0, 0.05) is 16.7 Å². The highest BCUT2D eigenvalue weighted by molar-refractivity contribution is 6.31. The zero-order chi connectivity index (χ0) is 21.3. The Morgan fingerprint density at radius 1 is 1.00 bits per heavy atom. The van der Waals surface area contributed by atoms with Crippen molar-refractivity contribution in [3.05, 3.63) is 88.4 Å². The number of hydrazone groups is 1. The summed E-state index contributed by atoms with van der Waals surface area (Å²) in [6.45, 7) is 0.382. The first kappa shape index (κ1) is 21.2. The lowest BCUT2D eigenvalue weighted by Crippen LogP contribution is -2.18. The number of amides is 1. The second kappa shape index (κ2) is 10.3. The largest absolute Gasteiger partial charge is 0.497 e. The van der Waals surface area contributed by atoms with Gasteiger partial charge in [-0.2, -0.15) is 5.10 Å². The van der Waals surface area contributed by atoms with Crippen LogP contribution in [-0.4, -0.2) is 26.3 Å². The van der Waals surface area contributed by atoms with Gasteiger partial charge in [0.15, 0.2) is 0 Å². The summed E-state index contributed by atoms with van der Waals surface area (Å²) in [4.78, 5) is 12.3. The lowest BCUT2D eigenvalue weighted by atomic mass is 10.2. The van der Waals surface area contributed by atoms with Crippen LogP contribution >= 0.6 is 11.6 Å². The fraction of sp³-hybridized carbons (Fsp3) is 0.130. The number of carbonyl (C=O) groups excluding carboxylic acids is 1. The molecule has 1 amide bonds. The molecule has 7 heteroatoms. The molecule has 0 atom stereocenters. The number of carbonyl (C=O) groups is 1. The minimum atomic E-state index is -0.384. The predicted octanol–water partition coefficient (Wildman–Crippen LogP) is 4.70. The highest BCUT2D eigenvalue weighted by Crippen LogP contribution is 2.24. The summed E-state index contributed by atoms with van der Waals surface area (Å²) in [6.07, 6.45) is 1.55. The highest BCUT2D eigenvalue weighted by atomic mass is 35.5. The molecule has 0 aliphatic carbocycles. The van der Waals surface area contributed by atoms with Crippen molar-refractivity contribution >= 4 is 23.7 Å². The van der Waals surface area contributed by atoms with Crippen molar-refractivity contribution in [2.45, 2.75) is 6.61 Å². The lowest BCUT2D eigenvalue weighted by Gasteiger charge is -2.09. The van der Waals surface area contributed by atoms with E-state index in [0.29, 0.717) is 34.4 Å². The maximum absolute atomic E-state index is 12.3. The molecule has 0 heterocycles. The van der Waals surface area contributed by atoms with E-state index in [-0.39, 0.29) is 5.91 Å². The molecular weight excluding hydrogens is 404 g/mol. The van der Waals surface area contributed by atoms with E-state index >= 15 is 0 Å². The van der Waals surface area contributed by atoms with Gasteiger partial charge in [-0.25, -0.2) is 5.43 Å². The molecule has 30 heavy (non-hydrogen) atoms. The summed E-state index contributed by atoms with van der Waals surface area (Å²) in [5.41, 5.74) is 4.58. The van der Waals surface area contributed by atoms with Gasteiger partial charge in [-0.3, -0.25) is 4.79 Å². The molecular formula is C23H21ClN2O4. The van der Waals surface area contributed by atoms with E-state index in [1.54, 1.807) is 31.5 Å². The summed E-state index contributed by atoms with van der Waals surface area (Å²) >= 11 is 6.13. The Kier molecular flexibility index (Phi) is 7.29. The molecule has 1 N–H and O–H groups in total. The fourth-order valence-corrected chi connectivity index (χ4v) is 2.83. The summed E-state index contributed by atoms with van der Waals surface area (Å²) in [5, 5.41) is 4.67. The SMILES string of the molecule is COc1ccc(C(=O)NN=Cc2ccc(OCc3ccccc3Cl)cc2)c(OC)c1. The molecule has 154 valence electrons. The number of hydrogen-bond acceptors (Lipinski definition) is 5. The molecule has 0 saturated carbocycles. The van der Waals surface area contributed by atoms with E-state index in [1.165, 1.54) is 7.11 Å². The number of nitrogens with one attached hydrogen (secondary N) is 1. The molecule has 3 rings (SSSR count). The lowest BCUT2D eigenvalue weighted by molar-refractivity contribution is 0.0952. The van der Waals surface area contributed by atoms with Gasteiger partial charge >= 0.3 is 0 Å². The van der Waals surface area contributed by atoms with Crippen molar-refractivity contribution in [3.63, 3.8) is 0 Å². The van der Waals surface area contributed by atoms with Crippen LogP contribution in [0.4, 0.5) is 0 Å². The second-order valence-electron chi connectivity index (χ2n) is 6.21. The summed E-state index contributed by atoms with van der Waals surface area (Å²) in [6, 6.07) is 19.8. The van der Waals surface area contributed by atoms with Gasteiger partial charge in [0.1, 0.15) is 23.9 Å². The number of hydrogen-bond donors (Lipinski definition) is 1. The van der Waals surface area contributed by atoms with Crippen LogP contribution in [0.1, 0.15) is 21.5 Å². The van der Waals surface area contributed by atoms with Crippen LogP contribution < -0.4 is 19.6 Å². The average molecular weight is 425 g/mol. The first-order valence-electron chi connectivity index (χ1n) is 9.12.